The van der Waals surface area contributed by atoms with Crippen molar-refractivity contribution in [1.82, 2.24) is 4.98 Å². The highest BCUT2D eigenvalue weighted by molar-refractivity contribution is 6.30. The number of nitrogens with two attached hydrogens (primary N) is 2. The van der Waals surface area contributed by atoms with Gasteiger partial charge in [0.05, 0.1) is 18.2 Å². The van der Waals surface area contributed by atoms with Crippen molar-refractivity contribution in [2.75, 3.05) is 12.8 Å². The van der Waals surface area contributed by atoms with Crippen LogP contribution in [-0.2, 0) is 0 Å². The Morgan fingerprint density at radius 1 is 1.33 bits per heavy atom. The number of rotatable bonds is 3. The molecule has 1 heterocycles. The zero-order valence-electron chi connectivity index (χ0n) is 9.93. The topological polar surface area (TPSA) is 74.2 Å². The molecular weight excluding hydrogens is 250 g/mol. The summed E-state index contributed by atoms with van der Waals surface area (Å²) in [6.45, 7) is 0. The van der Waals surface area contributed by atoms with Crippen LogP contribution < -0.4 is 16.2 Å². The molecule has 2 rings (SSSR count). The normalized spacial score (nSPS) is 12.2. The van der Waals surface area contributed by atoms with Crippen LogP contribution in [0.1, 0.15) is 17.2 Å². The lowest BCUT2D eigenvalue weighted by atomic mass is 10.00. The monoisotopic (exact) mass is 263 g/mol. The number of benzene rings is 1. The Kier molecular flexibility index (Phi) is 3.69. The highest BCUT2D eigenvalue weighted by Gasteiger charge is 2.14. The summed E-state index contributed by atoms with van der Waals surface area (Å²) in [5.74, 6) is 1.13. The Morgan fingerprint density at radius 3 is 2.83 bits per heavy atom. The molecule has 0 amide bonds. The van der Waals surface area contributed by atoms with E-state index in [2.05, 4.69) is 4.98 Å². The maximum absolute atomic E-state index is 6.18. The van der Waals surface area contributed by atoms with Gasteiger partial charge in [0.15, 0.2) is 0 Å². The van der Waals surface area contributed by atoms with Crippen molar-refractivity contribution in [3.63, 3.8) is 0 Å². The second-order valence-corrected chi connectivity index (χ2v) is 4.32. The quantitative estimate of drug-likeness (QED) is 0.892. The Labute approximate surface area is 111 Å². The number of nitrogens with zero attached hydrogens (tertiary/aromatic N) is 1. The number of halogens is 1. The molecule has 0 aliphatic rings. The summed E-state index contributed by atoms with van der Waals surface area (Å²) in [6.07, 6.45) is 1.50. The van der Waals surface area contributed by atoms with E-state index in [4.69, 9.17) is 27.8 Å². The van der Waals surface area contributed by atoms with Crippen LogP contribution in [0.15, 0.2) is 36.5 Å². The molecule has 0 aliphatic carbocycles. The van der Waals surface area contributed by atoms with E-state index >= 15 is 0 Å². The second-order valence-electron chi connectivity index (χ2n) is 3.88. The third-order valence-electron chi connectivity index (χ3n) is 2.70. The van der Waals surface area contributed by atoms with E-state index in [9.17, 15) is 0 Å². The number of ether oxygens (including phenoxy) is 1. The average molecular weight is 264 g/mol. The third kappa shape index (κ3) is 2.55. The molecule has 4 nitrogen and oxygen atoms in total. The number of hydrogen-bond donors (Lipinski definition) is 2. The van der Waals surface area contributed by atoms with Crippen molar-refractivity contribution >= 4 is 17.4 Å². The van der Waals surface area contributed by atoms with Crippen molar-refractivity contribution in [1.29, 1.82) is 0 Å². The minimum absolute atomic E-state index is 0.383. The first-order valence-corrected chi connectivity index (χ1v) is 5.80. The number of hydrogen-bond acceptors (Lipinski definition) is 4. The fourth-order valence-electron chi connectivity index (χ4n) is 1.73. The van der Waals surface area contributed by atoms with Gasteiger partial charge >= 0.3 is 0 Å². The maximum atomic E-state index is 6.18. The number of pyridine rings is 1. The zero-order chi connectivity index (χ0) is 13.1. The predicted molar refractivity (Wildman–Crippen MR) is 72.7 cm³/mol. The summed E-state index contributed by atoms with van der Waals surface area (Å²) in [5, 5.41) is 0.512. The van der Waals surface area contributed by atoms with Crippen LogP contribution in [0.4, 0.5) is 5.82 Å². The molecule has 1 aromatic heterocycles. The number of nitrogen functional groups attached to an aromatic ring is 1. The highest BCUT2D eigenvalue weighted by atomic mass is 35.5. The molecular formula is C13H14ClN3O. The minimum atomic E-state index is -0.383. The summed E-state index contributed by atoms with van der Waals surface area (Å²) in [6, 6.07) is 8.86. The molecule has 94 valence electrons. The van der Waals surface area contributed by atoms with Crippen LogP contribution in [0.5, 0.6) is 5.75 Å². The van der Waals surface area contributed by atoms with Gasteiger partial charge in [0, 0.05) is 11.8 Å². The molecule has 1 aromatic carbocycles. The summed E-state index contributed by atoms with van der Waals surface area (Å²) in [7, 11) is 1.61. The van der Waals surface area contributed by atoms with E-state index in [1.54, 1.807) is 13.2 Å². The van der Waals surface area contributed by atoms with Gasteiger partial charge in [-0.1, -0.05) is 23.7 Å². The summed E-state index contributed by atoms with van der Waals surface area (Å²) < 4.78 is 5.17. The Hall–Kier alpha value is -1.78. The number of anilines is 1. The smallest absolute Gasteiger partial charge is 0.128 e. The van der Waals surface area contributed by atoms with Gasteiger partial charge in [0.2, 0.25) is 0 Å². The van der Waals surface area contributed by atoms with Gasteiger partial charge in [0.1, 0.15) is 11.6 Å². The van der Waals surface area contributed by atoms with E-state index in [0.717, 1.165) is 11.3 Å². The van der Waals surface area contributed by atoms with Crippen molar-refractivity contribution in [3.8, 4) is 5.75 Å². The third-order valence-corrected chi connectivity index (χ3v) is 2.91. The highest BCUT2D eigenvalue weighted by Crippen LogP contribution is 2.27. The fourth-order valence-corrected chi connectivity index (χ4v) is 1.90. The lowest BCUT2D eigenvalue weighted by Gasteiger charge is -2.15. The standard InChI is InChI=1S/C13H14ClN3O/c1-18-10-4-2-3-8(5-10)12(15)11-6-9(14)7-17-13(11)16/h2-7,12H,15H2,1H3,(H2,16,17). The first kappa shape index (κ1) is 12.7. The van der Waals surface area contributed by atoms with Gasteiger partial charge in [-0.25, -0.2) is 4.98 Å². The van der Waals surface area contributed by atoms with Crippen LogP contribution in [0.2, 0.25) is 5.02 Å². The summed E-state index contributed by atoms with van der Waals surface area (Å²) in [5.41, 5.74) is 13.6. The van der Waals surface area contributed by atoms with E-state index in [1.165, 1.54) is 6.20 Å². The van der Waals surface area contributed by atoms with E-state index in [1.807, 2.05) is 24.3 Å². The summed E-state index contributed by atoms with van der Waals surface area (Å²) in [4.78, 5) is 4.00. The molecule has 0 saturated carbocycles. The molecule has 2 aromatic rings. The van der Waals surface area contributed by atoms with Gasteiger partial charge in [-0.05, 0) is 23.8 Å². The Balaban J connectivity index is 2.40. The second kappa shape index (κ2) is 5.25. The van der Waals surface area contributed by atoms with Crippen molar-refractivity contribution in [3.05, 3.63) is 52.7 Å². The molecule has 1 atom stereocenters. The van der Waals surface area contributed by atoms with E-state index in [0.29, 0.717) is 16.4 Å². The van der Waals surface area contributed by atoms with Gasteiger partial charge in [-0.3, -0.25) is 0 Å². The number of aromatic nitrogens is 1. The molecule has 0 spiro atoms. The van der Waals surface area contributed by atoms with Crippen LogP contribution in [0.3, 0.4) is 0 Å². The van der Waals surface area contributed by atoms with Gasteiger partial charge < -0.3 is 16.2 Å². The predicted octanol–water partition coefficient (Wildman–Crippen LogP) is 2.37. The van der Waals surface area contributed by atoms with Crippen LogP contribution in [0.25, 0.3) is 0 Å². The lowest BCUT2D eigenvalue weighted by Crippen LogP contribution is -2.14. The number of methoxy groups -OCH3 is 1. The molecule has 0 bridgehead atoms. The van der Waals surface area contributed by atoms with Crippen molar-refractivity contribution in [2.24, 2.45) is 5.73 Å². The van der Waals surface area contributed by atoms with Gasteiger partial charge in [0.25, 0.3) is 0 Å². The SMILES string of the molecule is COc1cccc(C(N)c2cc(Cl)cnc2N)c1. The molecule has 5 heteroatoms. The molecule has 1 unspecified atom stereocenters. The molecule has 4 N–H and O–H groups in total. The average Bonchev–Trinajstić information content (AvgIpc) is 2.41. The first-order valence-electron chi connectivity index (χ1n) is 5.42. The first-order chi connectivity index (χ1) is 8.61. The lowest BCUT2D eigenvalue weighted by molar-refractivity contribution is 0.414. The van der Waals surface area contributed by atoms with Gasteiger partial charge in [-0.15, -0.1) is 0 Å². The molecule has 18 heavy (non-hydrogen) atoms. The van der Waals surface area contributed by atoms with Gasteiger partial charge in [-0.2, -0.15) is 0 Å². The Morgan fingerprint density at radius 2 is 2.11 bits per heavy atom. The molecule has 0 aliphatic heterocycles. The largest absolute Gasteiger partial charge is 0.497 e. The van der Waals surface area contributed by atoms with Crippen molar-refractivity contribution < 1.29 is 4.74 Å². The maximum Gasteiger partial charge on any atom is 0.128 e. The fraction of sp³-hybridized carbons (Fsp3) is 0.154. The van der Waals surface area contributed by atoms with E-state index < -0.39 is 0 Å². The summed E-state index contributed by atoms with van der Waals surface area (Å²) >= 11 is 5.91. The Bertz CT molecular complexity index is 560. The molecule has 0 fully saturated rings. The van der Waals surface area contributed by atoms with Crippen LogP contribution in [-0.4, -0.2) is 12.1 Å². The van der Waals surface area contributed by atoms with Crippen LogP contribution in [0, 0.1) is 0 Å². The van der Waals surface area contributed by atoms with Crippen molar-refractivity contribution in [2.45, 2.75) is 6.04 Å². The molecule has 0 saturated heterocycles. The zero-order valence-corrected chi connectivity index (χ0v) is 10.7. The minimum Gasteiger partial charge on any atom is -0.497 e. The van der Waals surface area contributed by atoms with E-state index in [-0.39, 0.29) is 6.04 Å². The van der Waals surface area contributed by atoms with Crippen LogP contribution >= 0.6 is 11.6 Å². The molecule has 0 radical (unpaired) electrons.